The van der Waals surface area contributed by atoms with Crippen molar-refractivity contribution in [2.45, 2.75) is 44.8 Å². The van der Waals surface area contributed by atoms with Crippen LogP contribution in [0.3, 0.4) is 0 Å². The third-order valence-corrected chi connectivity index (χ3v) is 8.83. The third-order valence-electron chi connectivity index (χ3n) is 2.53. The van der Waals surface area contributed by atoms with Gasteiger partial charge in [-0.1, -0.05) is 0 Å². The van der Waals surface area contributed by atoms with Crippen molar-refractivity contribution in [2.75, 3.05) is 26.8 Å². The van der Waals surface area contributed by atoms with Crippen molar-refractivity contribution in [3.05, 3.63) is 0 Å². The molecule has 0 aliphatic carbocycles. The highest BCUT2D eigenvalue weighted by Gasteiger charge is 2.34. The normalized spacial score (nSPS) is 17.5. The molecule has 0 rings (SSSR count). The van der Waals surface area contributed by atoms with Crippen LogP contribution in [0.2, 0.25) is 32.2 Å². The molecule has 0 heterocycles. The average Bonchev–Trinajstić information content (AvgIpc) is 2.26. The zero-order valence-corrected chi connectivity index (χ0v) is 14.3. The molecule has 0 saturated carbocycles. The smallest absolute Gasteiger partial charge is 0.324 e. The van der Waals surface area contributed by atoms with Crippen LogP contribution in [0.1, 0.15) is 6.42 Å². The van der Waals surface area contributed by atoms with E-state index in [0.29, 0.717) is 6.54 Å². The summed E-state index contributed by atoms with van der Waals surface area (Å²) < 4.78 is 11.8. The summed E-state index contributed by atoms with van der Waals surface area (Å²) in [5.74, 6) is 0. The fraction of sp³-hybridized carbons (Fsp3) is 1.00. The summed E-state index contributed by atoms with van der Waals surface area (Å²) in [6.07, 6.45) is 0.286. The highest BCUT2D eigenvalue weighted by molar-refractivity contribution is 6.81. The van der Waals surface area contributed by atoms with Gasteiger partial charge in [-0.3, -0.25) is 0 Å². The van der Waals surface area contributed by atoms with E-state index in [1.807, 2.05) is 0 Å². The molecule has 0 amide bonds. The maximum absolute atomic E-state index is 9.17. The second kappa shape index (κ2) is 8.41. The van der Waals surface area contributed by atoms with Crippen LogP contribution in [0.5, 0.6) is 0 Å². The third kappa shape index (κ3) is 9.20. The number of aliphatic hydroxyl groups excluding tert-OH is 2. The van der Waals surface area contributed by atoms with E-state index in [1.54, 1.807) is 7.11 Å². The average molecular weight is 296 g/mol. The lowest BCUT2D eigenvalue weighted by Crippen LogP contribution is -2.46. The van der Waals surface area contributed by atoms with Gasteiger partial charge >= 0.3 is 8.56 Å². The molecule has 0 aromatic heterocycles. The van der Waals surface area contributed by atoms with E-state index in [1.165, 1.54) is 0 Å². The molecule has 5 nitrogen and oxygen atoms in total. The van der Waals surface area contributed by atoms with Crippen molar-refractivity contribution >= 4 is 16.9 Å². The van der Waals surface area contributed by atoms with Gasteiger partial charge in [-0.05, 0) is 45.2 Å². The molecule has 0 radical (unpaired) electrons. The maximum atomic E-state index is 9.17. The van der Waals surface area contributed by atoms with Crippen LogP contribution in [0.15, 0.2) is 0 Å². The van der Waals surface area contributed by atoms with E-state index in [4.69, 9.17) is 18.8 Å². The predicted molar refractivity (Wildman–Crippen MR) is 78.4 cm³/mol. The minimum absolute atomic E-state index is 0.198. The molecule has 0 aliphatic heterocycles. The summed E-state index contributed by atoms with van der Waals surface area (Å²) >= 11 is 0. The van der Waals surface area contributed by atoms with Crippen LogP contribution in [-0.4, -0.2) is 60.0 Å². The SMILES string of the molecule is CO[Si](C)(CCCNCC(O)CO)O[Si](C)(C)C. The predicted octanol–water partition coefficient (Wildman–Crippen LogP) is 0.889. The van der Waals surface area contributed by atoms with E-state index >= 15 is 0 Å². The zero-order valence-electron chi connectivity index (χ0n) is 12.3. The van der Waals surface area contributed by atoms with Gasteiger partial charge < -0.3 is 24.1 Å². The maximum Gasteiger partial charge on any atom is 0.324 e. The fourth-order valence-electron chi connectivity index (χ4n) is 1.71. The standard InChI is InChI=1S/C11H29NO4Si2/c1-15-18(5,16-17(2,3)4)8-6-7-12-9-11(14)10-13/h11-14H,6-10H2,1-5H3. The van der Waals surface area contributed by atoms with E-state index < -0.39 is 23.0 Å². The molecule has 0 aliphatic rings. The van der Waals surface area contributed by atoms with Crippen LogP contribution >= 0.6 is 0 Å². The van der Waals surface area contributed by atoms with Gasteiger partial charge in [0.2, 0.25) is 0 Å². The summed E-state index contributed by atoms with van der Waals surface area (Å²) in [7, 11) is -1.87. The molecule has 7 heteroatoms. The summed E-state index contributed by atoms with van der Waals surface area (Å²) in [4.78, 5) is 0. The lowest BCUT2D eigenvalue weighted by molar-refractivity contribution is 0.0946. The molecule has 0 aromatic carbocycles. The van der Waals surface area contributed by atoms with Crippen molar-refractivity contribution in [3.8, 4) is 0 Å². The molecular formula is C11H29NO4Si2. The Kier molecular flexibility index (Phi) is 8.52. The Bertz CT molecular complexity index is 226. The number of nitrogens with one attached hydrogen (secondary N) is 1. The second-order valence-corrected chi connectivity index (χ2v) is 13.9. The lowest BCUT2D eigenvalue weighted by atomic mass is 10.3. The Morgan fingerprint density at radius 2 is 1.83 bits per heavy atom. The Hall–Kier alpha value is 0.234. The monoisotopic (exact) mass is 295 g/mol. The van der Waals surface area contributed by atoms with Crippen molar-refractivity contribution in [2.24, 2.45) is 0 Å². The molecule has 2 unspecified atom stereocenters. The molecule has 110 valence electrons. The van der Waals surface area contributed by atoms with Crippen molar-refractivity contribution in [1.29, 1.82) is 0 Å². The highest BCUT2D eigenvalue weighted by Crippen LogP contribution is 2.20. The van der Waals surface area contributed by atoms with E-state index in [9.17, 15) is 0 Å². The number of hydrogen-bond donors (Lipinski definition) is 3. The van der Waals surface area contributed by atoms with Crippen LogP contribution in [-0.2, 0) is 8.54 Å². The molecule has 2 atom stereocenters. The fourth-order valence-corrected chi connectivity index (χ4v) is 8.66. The highest BCUT2D eigenvalue weighted by atomic mass is 28.4. The number of hydrogen-bond acceptors (Lipinski definition) is 5. The van der Waals surface area contributed by atoms with Crippen molar-refractivity contribution < 1.29 is 18.8 Å². The Balaban J connectivity index is 3.86. The summed E-state index contributed by atoms with van der Waals surface area (Å²) in [5.41, 5.74) is 0. The van der Waals surface area contributed by atoms with E-state index in [0.717, 1.165) is 19.0 Å². The molecule has 0 bridgehead atoms. The van der Waals surface area contributed by atoms with Gasteiger partial charge in [0.15, 0.2) is 8.32 Å². The molecular weight excluding hydrogens is 266 g/mol. The zero-order chi connectivity index (χ0) is 14.2. The molecule has 0 spiro atoms. The van der Waals surface area contributed by atoms with Crippen molar-refractivity contribution in [3.63, 3.8) is 0 Å². The van der Waals surface area contributed by atoms with Crippen LogP contribution in [0.4, 0.5) is 0 Å². The molecule has 0 saturated heterocycles. The second-order valence-electron chi connectivity index (χ2n) is 5.70. The van der Waals surface area contributed by atoms with Gasteiger partial charge in [-0.15, -0.1) is 0 Å². The first-order chi connectivity index (χ1) is 8.22. The first-order valence-corrected chi connectivity index (χ1v) is 12.4. The molecule has 0 aromatic rings. The molecule has 18 heavy (non-hydrogen) atoms. The van der Waals surface area contributed by atoms with Gasteiger partial charge in [0, 0.05) is 13.7 Å². The van der Waals surface area contributed by atoms with Gasteiger partial charge in [0.25, 0.3) is 0 Å². The van der Waals surface area contributed by atoms with Gasteiger partial charge in [-0.25, -0.2) is 0 Å². The summed E-state index contributed by atoms with van der Waals surface area (Å²) in [6.45, 7) is 9.66. The van der Waals surface area contributed by atoms with E-state index in [-0.39, 0.29) is 6.61 Å². The van der Waals surface area contributed by atoms with Crippen molar-refractivity contribution in [1.82, 2.24) is 5.32 Å². The van der Waals surface area contributed by atoms with Gasteiger partial charge in [0.05, 0.1) is 12.7 Å². The minimum Gasteiger partial charge on any atom is -0.436 e. The molecule has 3 N–H and O–H groups in total. The topological polar surface area (TPSA) is 71.0 Å². The van der Waals surface area contributed by atoms with Crippen LogP contribution < -0.4 is 5.32 Å². The lowest BCUT2D eigenvalue weighted by Gasteiger charge is -2.32. The molecule has 0 fully saturated rings. The first-order valence-electron chi connectivity index (χ1n) is 6.47. The number of aliphatic hydroxyl groups is 2. The Morgan fingerprint density at radius 3 is 2.28 bits per heavy atom. The van der Waals surface area contributed by atoms with E-state index in [2.05, 4.69) is 31.5 Å². The van der Waals surface area contributed by atoms with Gasteiger partial charge in [0.1, 0.15) is 0 Å². The summed E-state index contributed by atoms with van der Waals surface area (Å²) in [5, 5.41) is 20.9. The van der Waals surface area contributed by atoms with Gasteiger partial charge in [-0.2, -0.15) is 0 Å². The van der Waals surface area contributed by atoms with Crippen LogP contribution in [0.25, 0.3) is 0 Å². The minimum atomic E-state index is -2.03. The largest absolute Gasteiger partial charge is 0.436 e. The first kappa shape index (κ1) is 18.2. The quantitative estimate of drug-likeness (QED) is 0.412. The number of rotatable bonds is 10. The summed E-state index contributed by atoms with van der Waals surface area (Å²) in [6, 6.07) is 0.940. The Labute approximate surface area is 113 Å². The Morgan fingerprint density at radius 1 is 1.22 bits per heavy atom. The van der Waals surface area contributed by atoms with Crippen LogP contribution in [0, 0.1) is 0 Å².